The van der Waals surface area contributed by atoms with Gasteiger partial charge in [0.05, 0.1) is 11.7 Å². The number of nitrogens with one attached hydrogen (secondary N) is 1. The van der Waals surface area contributed by atoms with Crippen LogP contribution in [0.15, 0.2) is 27.3 Å². The topological polar surface area (TPSA) is 43.0 Å². The molecular weight excluding hydrogens is 306 g/mol. The fourth-order valence-electron chi connectivity index (χ4n) is 2.20. The van der Waals surface area contributed by atoms with Crippen LogP contribution in [0.3, 0.4) is 0 Å². The molecule has 5 heteroatoms. The van der Waals surface area contributed by atoms with Crippen molar-refractivity contribution in [1.82, 2.24) is 15.1 Å². The third-order valence-electron chi connectivity index (χ3n) is 3.27. The van der Waals surface area contributed by atoms with Crippen LogP contribution in [0, 0.1) is 0 Å². The molecule has 0 aliphatic rings. The first-order valence-electron chi connectivity index (χ1n) is 6.66. The minimum absolute atomic E-state index is 0.165. The zero-order chi connectivity index (χ0) is 13.8. The molecule has 0 radical (unpaired) electrons. The fourth-order valence-corrected chi connectivity index (χ4v) is 2.51. The van der Waals surface area contributed by atoms with Crippen LogP contribution in [0.4, 0.5) is 0 Å². The molecule has 1 atom stereocenters. The maximum atomic E-state index is 5.64. The van der Waals surface area contributed by atoms with E-state index in [0.717, 1.165) is 35.5 Å². The molecule has 2 heterocycles. The van der Waals surface area contributed by atoms with Crippen molar-refractivity contribution in [3.63, 3.8) is 0 Å². The first-order valence-corrected chi connectivity index (χ1v) is 7.45. The van der Waals surface area contributed by atoms with Gasteiger partial charge in [-0.25, -0.2) is 0 Å². The quantitative estimate of drug-likeness (QED) is 0.885. The summed E-state index contributed by atoms with van der Waals surface area (Å²) in [5.41, 5.74) is 2.39. The van der Waals surface area contributed by atoms with Crippen LogP contribution in [0.1, 0.15) is 37.0 Å². The van der Waals surface area contributed by atoms with E-state index in [2.05, 4.69) is 50.9 Å². The maximum absolute atomic E-state index is 5.64. The van der Waals surface area contributed by atoms with Gasteiger partial charge in [0, 0.05) is 18.7 Å². The molecule has 4 nitrogen and oxygen atoms in total. The second-order valence-corrected chi connectivity index (χ2v) is 5.27. The molecule has 0 amide bonds. The molecular formula is C14H20BrN3O. The highest BCUT2D eigenvalue weighted by Gasteiger charge is 2.17. The van der Waals surface area contributed by atoms with E-state index < -0.39 is 0 Å². The van der Waals surface area contributed by atoms with Crippen LogP contribution in [-0.4, -0.2) is 16.8 Å². The van der Waals surface area contributed by atoms with Crippen molar-refractivity contribution in [3.05, 3.63) is 40.0 Å². The first-order chi connectivity index (χ1) is 9.17. The van der Waals surface area contributed by atoms with Crippen LogP contribution >= 0.6 is 15.9 Å². The first kappa shape index (κ1) is 14.3. The lowest BCUT2D eigenvalue weighted by molar-refractivity contribution is 0.409. The van der Waals surface area contributed by atoms with E-state index in [1.807, 2.05) is 19.2 Å². The van der Waals surface area contributed by atoms with Crippen LogP contribution in [-0.2, 0) is 19.4 Å². The van der Waals surface area contributed by atoms with E-state index in [1.54, 1.807) is 0 Å². The number of nitrogens with zero attached hydrogens (tertiary/aromatic N) is 2. The highest BCUT2D eigenvalue weighted by Crippen LogP contribution is 2.23. The molecule has 0 aliphatic heterocycles. The number of hydrogen-bond acceptors (Lipinski definition) is 3. The molecule has 1 unspecified atom stereocenters. The minimum Gasteiger partial charge on any atom is -0.453 e. The Hall–Kier alpha value is -1.07. The Bertz CT molecular complexity index is 533. The summed E-state index contributed by atoms with van der Waals surface area (Å²) in [6.07, 6.45) is 1.84. The largest absolute Gasteiger partial charge is 0.453 e. The molecule has 1 N–H and O–H groups in total. The molecule has 104 valence electrons. The summed E-state index contributed by atoms with van der Waals surface area (Å²) in [5.74, 6) is 0.941. The van der Waals surface area contributed by atoms with E-state index in [9.17, 15) is 0 Å². The van der Waals surface area contributed by atoms with Crippen LogP contribution in [0.25, 0.3) is 0 Å². The second kappa shape index (κ2) is 6.39. The van der Waals surface area contributed by atoms with Gasteiger partial charge in [0.1, 0.15) is 5.76 Å². The van der Waals surface area contributed by atoms with Gasteiger partial charge in [-0.3, -0.25) is 4.68 Å². The normalized spacial score (nSPS) is 12.8. The van der Waals surface area contributed by atoms with Crippen molar-refractivity contribution in [2.45, 2.75) is 39.3 Å². The summed E-state index contributed by atoms with van der Waals surface area (Å²) in [5, 5.41) is 7.89. The molecule has 0 saturated heterocycles. The Balaban J connectivity index is 2.20. The van der Waals surface area contributed by atoms with Gasteiger partial charge >= 0.3 is 0 Å². The fraction of sp³-hybridized carbons (Fsp3) is 0.500. The molecule has 19 heavy (non-hydrogen) atoms. The molecule has 2 aromatic rings. The lowest BCUT2D eigenvalue weighted by Gasteiger charge is -2.14. The average molecular weight is 326 g/mol. The Morgan fingerprint density at radius 2 is 2.21 bits per heavy atom. The standard InChI is InChI=1S/C14H20BrN3O/c1-4-10-8-11(18(5-2)17-10)9-12(16-3)13-6-7-14(15)19-13/h6-8,12,16H,4-5,9H2,1-3H3. The Morgan fingerprint density at radius 1 is 1.42 bits per heavy atom. The van der Waals surface area contributed by atoms with E-state index in [0.29, 0.717) is 0 Å². The van der Waals surface area contributed by atoms with Crippen LogP contribution in [0.5, 0.6) is 0 Å². The number of furan rings is 1. The number of rotatable bonds is 6. The molecule has 2 aromatic heterocycles. The summed E-state index contributed by atoms with van der Waals surface area (Å²) in [6.45, 7) is 5.15. The smallest absolute Gasteiger partial charge is 0.169 e. The molecule has 0 spiro atoms. The Morgan fingerprint density at radius 3 is 2.74 bits per heavy atom. The lowest BCUT2D eigenvalue weighted by atomic mass is 10.1. The van der Waals surface area contributed by atoms with Gasteiger partial charge in [0.2, 0.25) is 0 Å². The molecule has 2 rings (SSSR count). The number of likely N-dealkylation sites (N-methyl/N-ethyl adjacent to an activating group) is 1. The highest BCUT2D eigenvalue weighted by molar-refractivity contribution is 9.10. The molecule has 0 aliphatic carbocycles. The Kier molecular flexibility index (Phi) is 4.82. The highest BCUT2D eigenvalue weighted by atomic mass is 79.9. The summed E-state index contributed by atoms with van der Waals surface area (Å²) in [6, 6.07) is 6.27. The van der Waals surface area contributed by atoms with Crippen molar-refractivity contribution in [1.29, 1.82) is 0 Å². The van der Waals surface area contributed by atoms with E-state index in [-0.39, 0.29) is 6.04 Å². The maximum Gasteiger partial charge on any atom is 0.169 e. The molecule has 0 saturated carbocycles. The molecule has 0 fully saturated rings. The third-order valence-corrected chi connectivity index (χ3v) is 3.70. The van der Waals surface area contributed by atoms with Gasteiger partial charge in [0.25, 0.3) is 0 Å². The predicted molar refractivity (Wildman–Crippen MR) is 79.2 cm³/mol. The van der Waals surface area contributed by atoms with E-state index in [4.69, 9.17) is 4.42 Å². The number of hydrogen-bond donors (Lipinski definition) is 1. The van der Waals surface area contributed by atoms with Gasteiger partial charge in [-0.05, 0) is 54.5 Å². The summed E-state index contributed by atoms with van der Waals surface area (Å²) in [7, 11) is 1.95. The van der Waals surface area contributed by atoms with E-state index >= 15 is 0 Å². The van der Waals surface area contributed by atoms with Crippen molar-refractivity contribution >= 4 is 15.9 Å². The van der Waals surface area contributed by atoms with Crippen LogP contribution < -0.4 is 5.32 Å². The average Bonchev–Trinajstić information content (AvgIpc) is 3.01. The van der Waals surface area contributed by atoms with Gasteiger partial charge < -0.3 is 9.73 Å². The van der Waals surface area contributed by atoms with Gasteiger partial charge in [-0.1, -0.05) is 6.92 Å². The number of halogens is 1. The van der Waals surface area contributed by atoms with Gasteiger partial charge in [-0.15, -0.1) is 0 Å². The minimum atomic E-state index is 0.165. The number of aryl methyl sites for hydroxylation is 2. The van der Waals surface area contributed by atoms with Crippen molar-refractivity contribution in [2.75, 3.05) is 7.05 Å². The lowest BCUT2D eigenvalue weighted by Crippen LogP contribution is -2.20. The predicted octanol–water partition coefficient (Wildman–Crippen LogP) is 3.32. The summed E-state index contributed by atoms with van der Waals surface area (Å²) >= 11 is 3.35. The van der Waals surface area contributed by atoms with Crippen molar-refractivity contribution in [2.24, 2.45) is 0 Å². The van der Waals surface area contributed by atoms with E-state index in [1.165, 1.54) is 5.69 Å². The van der Waals surface area contributed by atoms with Gasteiger partial charge in [0.15, 0.2) is 4.67 Å². The van der Waals surface area contributed by atoms with Gasteiger partial charge in [-0.2, -0.15) is 5.10 Å². The zero-order valence-corrected chi connectivity index (χ0v) is 13.2. The monoisotopic (exact) mass is 325 g/mol. The second-order valence-electron chi connectivity index (χ2n) is 4.48. The molecule has 0 aromatic carbocycles. The molecule has 0 bridgehead atoms. The summed E-state index contributed by atoms with van der Waals surface area (Å²) < 4.78 is 8.48. The SMILES string of the molecule is CCc1cc(CC(NC)c2ccc(Br)o2)n(CC)n1. The van der Waals surface area contributed by atoms with Crippen molar-refractivity contribution in [3.8, 4) is 0 Å². The third kappa shape index (κ3) is 3.28. The Labute approximate surface area is 122 Å². The van der Waals surface area contributed by atoms with Crippen molar-refractivity contribution < 1.29 is 4.42 Å². The summed E-state index contributed by atoms with van der Waals surface area (Å²) in [4.78, 5) is 0. The number of aromatic nitrogens is 2. The zero-order valence-electron chi connectivity index (χ0n) is 11.6. The van der Waals surface area contributed by atoms with Crippen LogP contribution in [0.2, 0.25) is 0 Å².